The van der Waals surface area contributed by atoms with Gasteiger partial charge in [0.05, 0.1) is 29.8 Å². The minimum atomic E-state index is -0.367. The number of ether oxygens (including phenoxy) is 1. The molecule has 0 fully saturated rings. The van der Waals surface area contributed by atoms with Crippen LogP contribution in [0.5, 0.6) is 0 Å². The molecule has 6 heteroatoms. The van der Waals surface area contributed by atoms with Crippen molar-refractivity contribution in [3.63, 3.8) is 0 Å². The summed E-state index contributed by atoms with van der Waals surface area (Å²) < 4.78 is 7.07. The van der Waals surface area contributed by atoms with E-state index < -0.39 is 0 Å². The molecule has 4 rings (SSSR count). The molecule has 0 aliphatic carbocycles. The number of esters is 1. The molecule has 2 aromatic carbocycles. The van der Waals surface area contributed by atoms with Crippen LogP contribution in [0.2, 0.25) is 5.02 Å². The first kappa shape index (κ1) is 15.7. The van der Waals surface area contributed by atoms with E-state index in [-0.39, 0.29) is 12.0 Å². The number of hydrogen-bond acceptors (Lipinski definition) is 4. The topological polar surface area (TPSA) is 56.1 Å². The minimum absolute atomic E-state index is 0.339. The quantitative estimate of drug-likeness (QED) is 0.703. The Morgan fingerprint density at radius 3 is 2.64 bits per heavy atom. The number of allylic oxidation sites excluding steroid dienone is 1. The first-order valence-corrected chi connectivity index (χ1v) is 8.26. The molecule has 25 heavy (non-hydrogen) atoms. The number of nitrogens with zero attached hydrogens (tertiary/aromatic N) is 2. The van der Waals surface area contributed by atoms with Crippen molar-refractivity contribution in [2.45, 2.75) is 13.0 Å². The van der Waals surface area contributed by atoms with Gasteiger partial charge < -0.3 is 10.1 Å². The van der Waals surface area contributed by atoms with Gasteiger partial charge in [-0.2, -0.15) is 0 Å². The molecule has 0 radical (unpaired) electrons. The molecule has 126 valence electrons. The number of aromatic nitrogens is 2. The third kappa shape index (κ3) is 2.48. The second kappa shape index (κ2) is 5.93. The zero-order valence-electron chi connectivity index (χ0n) is 13.8. The molecule has 0 bridgehead atoms. The van der Waals surface area contributed by atoms with Gasteiger partial charge in [0.2, 0.25) is 5.95 Å². The molecule has 3 aromatic rings. The summed E-state index contributed by atoms with van der Waals surface area (Å²) in [6, 6.07) is 15.0. The summed E-state index contributed by atoms with van der Waals surface area (Å²) in [5.74, 6) is 0.333. The molecule has 0 saturated heterocycles. The molecule has 0 spiro atoms. The van der Waals surface area contributed by atoms with Crippen LogP contribution >= 0.6 is 11.6 Å². The second-order valence-corrected chi connectivity index (χ2v) is 6.34. The van der Waals surface area contributed by atoms with Gasteiger partial charge in [0.1, 0.15) is 0 Å². The van der Waals surface area contributed by atoms with E-state index in [0.29, 0.717) is 16.5 Å². The molecular formula is C19H16ClN3O2. The number of para-hydroxylation sites is 2. The first-order chi connectivity index (χ1) is 12.1. The van der Waals surface area contributed by atoms with E-state index >= 15 is 0 Å². The number of methoxy groups -OCH3 is 1. The summed E-state index contributed by atoms with van der Waals surface area (Å²) in [6.07, 6.45) is 0. The molecule has 5 nitrogen and oxygen atoms in total. The Bertz CT molecular complexity index is 1010. The summed E-state index contributed by atoms with van der Waals surface area (Å²) in [5.41, 5.74) is 4.03. The van der Waals surface area contributed by atoms with Gasteiger partial charge in [0.15, 0.2) is 0 Å². The van der Waals surface area contributed by atoms with Gasteiger partial charge in [-0.25, -0.2) is 9.78 Å². The fourth-order valence-electron chi connectivity index (χ4n) is 3.30. The number of anilines is 1. The highest BCUT2D eigenvalue weighted by atomic mass is 35.5. The molecule has 1 N–H and O–H groups in total. The number of imidazole rings is 1. The van der Waals surface area contributed by atoms with E-state index in [0.717, 1.165) is 22.3 Å². The van der Waals surface area contributed by atoms with Gasteiger partial charge in [-0.15, -0.1) is 0 Å². The van der Waals surface area contributed by atoms with Gasteiger partial charge in [-0.05, 0) is 36.8 Å². The van der Waals surface area contributed by atoms with Crippen LogP contribution in [0, 0.1) is 0 Å². The Morgan fingerprint density at radius 2 is 1.92 bits per heavy atom. The van der Waals surface area contributed by atoms with Crippen molar-refractivity contribution in [3.05, 3.63) is 70.4 Å². The van der Waals surface area contributed by atoms with Crippen LogP contribution < -0.4 is 5.32 Å². The van der Waals surface area contributed by atoms with Crippen LogP contribution in [0.3, 0.4) is 0 Å². The lowest BCUT2D eigenvalue weighted by Crippen LogP contribution is -2.28. The zero-order chi connectivity index (χ0) is 17.6. The first-order valence-electron chi connectivity index (χ1n) is 7.88. The van der Waals surface area contributed by atoms with Gasteiger partial charge in [-0.1, -0.05) is 35.9 Å². The number of fused-ring (bicyclic) bond motifs is 3. The number of benzene rings is 2. The Kier molecular flexibility index (Phi) is 3.73. The van der Waals surface area contributed by atoms with Crippen LogP contribution in [-0.4, -0.2) is 22.6 Å². The standard InChI is InChI=1S/C19H16ClN3O2/c1-11-16(18(24)25-2)17(12-7-9-13(20)10-8-12)23-15-6-4-3-5-14(15)22-19(23)21-11/h3-10,17H,1-2H3,(H,21,22)/t17-/m0/s1. The van der Waals surface area contributed by atoms with Crippen LogP contribution in [0.1, 0.15) is 18.5 Å². The summed E-state index contributed by atoms with van der Waals surface area (Å²) in [5, 5.41) is 3.88. The number of carbonyl (C=O) groups excluding carboxylic acids is 1. The third-order valence-electron chi connectivity index (χ3n) is 4.42. The van der Waals surface area contributed by atoms with Crippen LogP contribution in [-0.2, 0) is 9.53 Å². The van der Waals surface area contributed by atoms with Crippen molar-refractivity contribution in [2.75, 3.05) is 12.4 Å². The van der Waals surface area contributed by atoms with Gasteiger partial charge in [-0.3, -0.25) is 4.57 Å². The fraction of sp³-hybridized carbons (Fsp3) is 0.158. The predicted molar refractivity (Wildman–Crippen MR) is 97.7 cm³/mol. The van der Waals surface area contributed by atoms with Crippen molar-refractivity contribution >= 4 is 34.6 Å². The molecule has 1 aromatic heterocycles. The Morgan fingerprint density at radius 1 is 1.20 bits per heavy atom. The Hall–Kier alpha value is -2.79. The average Bonchev–Trinajstić information content (AvgIpc) is 2.98. The number of hydrogen-bond donors (Lipinski definition) is 1. The highest BCUT2D eigenvalue weighted by Gasteiger charge is 2.34. The summed E-state index contributed by atoms with van der Waals surface area (Å²) >= 11 is 6.04. The van der Waals surface area contributed by atoms with Crippen molar-refractivity contribution in [2.24, 2.45) is 0 Å². The van der Waals surface area contributed by atoms with E-state index in [9.17, 15) is 4.79 Å². The lowest BCUT2D eigenvalue weighted by molar-refractivity contribution is -0.136. The maximum absolute atomic E-state index is 12.5. The van der Waals surface area contributed by atoms with Gasteiger partial charge in [0, 0.05) is 10.7 Å². The monoisotopic (exact) mass is 353 g/mol. The number of halogens is 1. The number of nitrogens with one attached hydrogen (secondary N) is 1. The Balaban J connectivity index is 2.01. The van der Waals surface area contributed by atoms with Crippen LogP contribution in [0.15, 0.2) is 59.8 Å². The lowest BCUT2D eigenvalue weighted by atomic mass is 9.95. The van der Waals surface area contributed by atoms with E-state index in [4.69, 9.17) is 16.3 Å². The molecule has 1 atom stereocenters. The summed E-state index contributed by atoms with van der Waals surface area (Å²) in [4.78, 5) is 17.2. The van der Waals surface area contributed by atoms with Crippen LogP contribution in [0.25, 0.3) is 11.0 Å². The van der Waals surface area contributed by atoms with E-state index in [1.165, 1.54) is 7.11 Å². The van der Waals surface area contributed by atoms with E-state index in [1.807, 2.05) is 60.0 Å². The summed E-state index contributed by atoms with van der Waals surface area (Å²) in [7, 11) is 1.39. The normalized spacial score (nSPS) is 16.5. The molecule has 0 unspecified atom stereocenters. The van der Waals surface area contributed by atoms with E-state index in [2.05, 4.69) is 10.3 Å². The van der Waals surface area contributed by atoms with Crippen molar-refractivity contribution < 1.29 is 9.53 Å². The van der Waals surface area contributed by atoms with Gasteiger partial charge >= 0.3 is 5.97 Å². The van der Waals surface area contributed by atoms with Crippen molar-refractivity contribution in [1.82, 2.24) is 9.55 Å². The van der Waals surface area contributed by atoms with Crippen LogP contribution in [0.4, 0.5) is 5.95 Å². The predicted octanol–water partition coefficient (Wildman–Crippen LogP) is 4.15. The highest BCUT2D eigenvalue weighted by molar-refractivity contribution is 6.30. The average molecular weight is 354 g/mol. The molecule has 1 aliphatic heterocycles. The number of carbonyl (C=O) groups is 1. The molecule has 2 heterocycles. The zero-order valence-corrected chi connectivity index (χ0v) is 14.5. The maximum atomic E-state index is 12.5. The molecular weight excluding hydrogens is 338 g/mol. The van der Waals surface area contributed by atoms with Crippen molar-refractivity contribution in [1.29, 1.82) is 0 Å². The van der Waals surface area contributed by atoms with Crippen molar-refractivity contribution in [3.8, 4) is 0 Å². The largest absolute Gasteiger partial charge is 0.466 e. The van der Waals surface area contributed by atoms with Gasteiger partial charge in [0.25, 0.3) is 0 Å². The second-order valence-electron chi connectivity index (χ2n) is 5.90. The fourth-order valence-corrected chi connectivity index (χ4v) is 3.42. The molecule has 0 saturated carbocycles. The Labute approximate surface area is 149 Å². The molecule has 1 aliphatic rings. The summed E-state index contributed by atoms with van der Waals surface area (Å²) in [6.45, 7) is 1.86. The highest BCUT2D eigenvalue weighted by Crippen LogP contribution is 2.39. The maximum Gasteiger partial charge on any atom is 0.337 e. The molecule has 0 amide bonds. The minimum Gasteiger partial charge on any atom is -0.466 e. The third-order valence-corrected chi connectivity index (χ3v) is 4.67. The smallest absolute Gasteiger partial charge is 0.337 e. The van der Waals surface area contributed by atoms with E-state index in [1.54, 1.807) is 0 Å². The number of rotatable bonds is 2. The SMILES string of the molecule is COC(=O)C1=C(C)Nc2nc3ccccc3n2[C@H]1c1ccc(Cl)cc1. The lowest BCUT2D eigenvalue weighted by Gasteiger charge is -2.30.